The molecule has 4 nitrogen and oxygen atoms in total. The maximum Gasteiger partial charge on any atom is 0.266 e. The number of aromatic nitrogens is 2. The second kappa shape index (κ2) is 10.0. The maximum absolute atomic E-state index is 13.7. The van der Waals surface area contributed by atoms with Crippen molar-refractivity contribution >= 4 is 23.1 Å². The number of hydrogen-bond acceptors (Lipinski definition) is 3. The Hall–Kier alpha value is -4.88. The van der Waals surface area contributed by atoms with Gasteiger partial charge in [0, 0.05) is 11.1 Å². The number of phenols is 1. The van der Waals surface area contributed by atoms with Crippen LogP contribution in [-0.4, -0.2) is 14.7 Å². The molecule has 180 valence electrons. The Morgan fingerprint density at radius 2 is 1.43 bits per heavy atom. The van der Waals surface area contributed by atoms with Gasteiger partial charge in [0.05, 0.1) is 16.6 Å². The highest BCUT2D eigenvalue weighted by molar-refractivity contribution is 5.80. The van der Waals surface area contributed by atoms with Gasteiger partial charge in [0.1, 0.15) is 11.6 Å². The summed E-state index contributed by atoms with van der Waals surface area (Å²) in [7, 11) is 0. The molecule has 0 spiro atoms. The van der Waals surface area contributed by atoms with Gasteiger partial charge in [-0.15, -0.1) is 0 Å². The number of nitrogens with zero attached hydrogens (tertiary/aromatic N) is 2. The number of rotatable bonds is 3. The van der Waals surface area contributed by atoms with E-state index in [1.54, 1.807) is 10.6 Å². The zero-order valence-corrected chi connectivity index (χ0v) is 21.0. The van der Waals surface area contributed by atoms with Gasteiger partial charge in [-0.05, 0) is 104 Å². The first kappa shape index (κ1) is 23.8. The van der Waals surface area contributed by atoms with Crippen LogP contribution in [0.1, 0.15) is 39.2 Å². The molecule has 5 rings (SSSR count). The lowest BCUT2D eigenvalue weighted by atomic mass is 10.1. The fourth-order valence-corrected chi connectivity index (χ4v) is 4.40. The van der Waals surface area contributed by atoms with E-state index >= 15 is 0 Å². The molecular weight excluding hydrogens is 456 g/mol. The van der Waals surface area contributed by atoms with Crippen molar-refractivity contribution in [3.05, 3.63) is 134 Å². The zero-order chi connectivity index (χ0) is 25.9. The molecule has 0 aliphatic heterocycles. The Kier molecular flexibility index (Phi) is 6.45. The van der Waals surface area contributed by atoms with Crippen molar-refractivity contribution in [2.45, 2.75) is 20.8 Å². The average Bonchev–Trinajstić information content (AvgIpc) is 2.90. The third-order valence-electron chi connectivity index (χ3n) is 6.30. The fraction of sp³-hybridized carbons (Fsp3) is 0.0909. The van der Waals surface area contributed by atoms with E-state index in [4.69, 9.17) is 4.98 Å². The summed E-state index contributed by atoms with van der Waals surface area (Å²) in [6.07, 6.45) is 3.77. The molecule has 4 aromatic carbocycles. The van der Waals surface area contributed by atoms with Gasteiger partial charge in [0.25, 0.3) is 5.56 Å². The molecule has 1 aromatic heterocycles. The van der Waals surface area contributed by atoms with Crippen molar-refractivity contribution in [2.75, 3.05) is 0 Å². The van der Waals surface area contributed by atoms with Crippen LogP contribution in [-0.2, 0) is 0 Å². The summed E-state index contributed by atoms with van der Waals surface area (Å²) in [6.45, 7) is 5.72. The molecule has 4 heteroatoms. The molecule has 0 saturated carbocycles. The van der Waals surface area contributed by atoms with Gasteiger partial charge < -0.3 is 5.11 Å². The molecule has 0 unspecified atom stereocenters. The standard InChI is InChI=1S/C33H26N2O2/c1-22-19-26(14-13-25-9-5-4-6-10-25)15-17-30(22)35-31(34-29-12-8-7-11-28(29)33(35)37)18-16-27-20-23(2)32(36)24(3)21-27/h4-12,15-21,36H,1-3H3/b18-16+. The number of fused-ring (bicyclic) bond motifs is 1. The SMILES string of the molecule is Cc1cc(C#Cc2ccccc2)ccc1-n1c(/C=C/c2cc(C)c(O)c(C)c2)nc2ccccc2c1=O. The molecule has 0 saturated heterocycles. The Bertz CT molecular complexity index is 1760. The van der Waals surface area contributed by atoms with Crippen LogP contribution in [0, 0.1) is 32.6 Å². The van der Waals surface area contributed by atoms with Gasteiger partial charge in [-0.25, -0.2) is 4.98 Å². The Balaban J connectivity index is 1.63. The second-order valence-corrected chi connectivity index (χ2v) is 9.08. The number of phenolic OH excluding ortho intramolecular Hbond substituents is 1. The Morgan fingerprint density at radius 3 is 2.16 bits per heavy atom. The van der Waals surface area contributed by atoms with E-state index in [9.17, 15) is 9.90 Å². The average molecular weight is 483 g/mol. The van der Waals surface area contributed by atoms with E-state index < -0.39 is 0 Å². The molecular formula is C33H26N2O2. The first-order valence-corrected chi connectivity index (χ1v) is 12.1. The number of benzene rings is 4. The van der Waals surface area contributed by atoms with E-state index in [1.807, 2.05) is 112 Å². The predicted octanol–water partition coefficient (Wildman–Crippen LogP) is 6.59. The summed E-state index contributed by atoms with van der Waals surface area (Å²) in [5, 5.41) is 10.7. The molecule has 0 fully saturated rings. The lowest BCUT2D eigenvalue weighted by Crippen LogP contribution is -2.23. The van der Waals surface area contributed by atoms with Gasteiger partial charge in [-0.2, -0.15) is 0 Å². The highest BCUT2D eigenvalue weighted by Crippen LogP contribution is 2.24. The van der Waals surface area contributed by atoms with Gasteiger partial charge in [0.15, 0.2) is 0 Å². The van der Waals surface area contributed by atoms with Crippen LogP contribution in [0.4, 0.5) is 0 Å². The van der Waals surface area contributed by atoms with Crippen molar-refractivity contribution < 1.29 is 5.11 Å². The van der Waals surface area contributed by atoms with E-state index in [-0.39, 0.29) is 5.56 Å². The Morgan fingerprint density at radius 1 is 0.757 bits per heavy atom. The molecule has 0 bridgehead atoms. The summed E-state index contributed by atoms with van der Waals surface area (Å²) in [5.74, 6) is 7.22. The first-order valence-electron chi connectivity index (χ1n) is 12.1. The van der Waals surface area contributed by atoms with E-state index in [2.05, 4.69) is 11.8 Å². The van der Waals surface area contributed by atoms with Gasteiger partial charge in [-0.1, -0.05) is 48.2 Å². The number of aromatic hydroxyl groups is 1. The van der Waals surface area contributed by atoms with Gasteiger partial charge in [0.2, 0.25) is 0 Å². The topological polar surface area (TPSA) is 55.1 Å². The van der Waals surface area contributed by atoms with Crippen LogP contribution in [0.5, 0.6) is 5.75 Å². The molecule has 37 heavy (non-hydrogen) atoms. The largest absolute Gasteiger partial charge is 0.507 e. The van der Waals surface area contributed by atoms with Crippen LogP contribution in [0.15, 0.2) is 89.7 Å². The predicted molar refractivity (Wildman–Crippen MR) is 151 cm³/mol. The number of para-hydroxylation sites is 1. The minimum absolute atomic E-state index is 0.130. The highest BCUT2D eigenvalue weighted by atomic mass is 16.3. The monoisotopic (exact) mass is 482 g/mol. The summed E-state index contributed by atoms with van der Waals surface area (Å²) >= 11 is 0. The summed E-state index contributed by atoms with van der Waals surface area (Å²) in [5.41, 5.74) is 6.53. The smallest absolute Gasteiger partial charge is 0.266 e. The van der Waals surface area contributed by atoms with E-state index in [1.165, 1.54) is 0 Å². The molecule has 0 aliphatic carbocycles. The van der Waals surface area contributed by atoms with Crippen molar-refractivity contribution in [3.8, 4) is 23.3 Å². The van der Waals surface area contributed by atoms with Crippen LogP contribution in [0.3, 0.4) is 0 Å². The van der Waals surface area contributed by atoms with Crippen molar-refractivity contribution in [2.24, 2.45) is 0 Å². The minimum Gasteiger partial charge on any atom is -0.507 e. The summed E-state index contributed by atoms with van der Waals surface area (Å²) < 4.78 is 1.66. The third-order valence-corrected chi connectivity index (χ3v) is 6.30. The number of aryl methyl sites for hydroxylation is 3. The minimum atomic E-state index is -0.130. The zero-order valence-electron chi connectivity index (χ0n) is 21.0. The van der Waals surface area contributed by atoms with Crippen molar-refractivity contribution in [1.82, 2.24) is 9.55 Å². The summed E-state index contributed by atoms with van der Waals surface area (Å²) in [6, 6.07) is 26.9. The molecule has 1 heterocycles. The van der Waals surface area contributed by atoms with Crippen LogP contribution >= 0.6 is 0 Å². The van der Waals surface area contributed by atoms with Crippen LogP contribution < -0.4 is 5.56 Å². The van der Waals surface area contributed by atoms with E-state index in [0.717, 1.165) is 39.1 Å². The maximum atomic E-state index is 13.7. The fourth-order valence-electron chi connectivity index (χ4n) is 4.40. The molecule has 0 aliphatic rings. The molecule has 5 aromatic rings. The van der Waals surface area contributed by atoms with E-state index in [0.29, 0.717) is 22.5 Å². The van der Waals surface area contributed by atoms with Crippen molar-refractivity contribution in [1.29, 1.82) is 0 Å². The molecule has 0 amide bonds. The highest BCUT2D eigenvalue weighted by Gasteiger charge is 2.13. The normalized spacial score (nSPS) is 11.0. The lowest BCUT2D eigenvalue weighted by Gasteiger charge is -2.14. The molecule has 0 atom stereocenters. The Labute approximate surface area is 216 Å². The summed E-state index contributed by atoms with van der Waals surface area (Å²) in [4.78, 5) is 18.5. The molecule has 0 radical (unpaired) electrons. The van der Waals surface area contributed by atoms with Crippen LogP contribution in [0.25, 0.3) is 28.7 Å². The van der Waals surface area contributed by atoms with Gasteiger partial charge >= 0.3 is 0 Å². The first-order chi connectivity index (χ1) is 17.9. The molecule has 1 N–H and O–H groups in total. The quantitative estimate of drug-likeness (QED) is 0.295. The lowest BCUT2D eigenvalue weighted by molar-refractivity contribution is 0.467. The van der Waals surface area contributed by atoms with Gasteiger partial charge in [-0.3, -0.25) is 9.36 Å². The second-order valence-electron chi connectivity index (χ2n) is 9.08. The van der Waals surface area contributed by atoms with Crippen LogP contribution in [0.2, 0.25) is 0 Å². The van der Waals surface area contributed by atoms with Crippen molar-refractivity contribution in [3.63, 3.8) is 0 Å². The third kappa shape index (κ3) is 4.94. The number of hydrogen-bond donors (Lipinski definition) is 1.